The van der Waals surface area contributed by atoms with Gasteiger partial charge in [-0.3, -0.25) is 9.59 Å². The quantitative estimate of drug-likeness (QED) is 0.300. The summed E-state index contributed by atoms with van der Waals surface area (Å²) >= 11 is 0. The molecule has 0 spiro atoms. The van der Waals surface area contributed by atoms with E-state index in [1.807, 2.05) is 0 Å². The standard InChI is InChI=1S/C42H68N2O3/c1-26(2)27-15-20-42(36(47)43-32-25-29(37(32,3)4)35(46)44-23-11-10-12-24-44)22-21-40(8)28(34(27)42)13-14-31-39(7)18-17-33(45)38(5,6)30(39)16-19-41(31,40)9/h27-34,45H,1,10-25H2,2-9H3,(H,43,47)/t27-,28+,29+,30-,31+,32+,33-,34+,39-,40+,41+,42-/m0/s1. The van der Waals surface area contributed by atoms with Crippen LogP contribution in [0.25, 0.3) is 0 Å². The molecule has 5 heteroatoms. The minimum Gasteiger partial charge on any atom is -0.393 e. The van der Waals surface area contributed by atoms with Crippen molar-refractivity contribution in [3.63, 3.8) is 0 Å². The number of aliphatic hydroxyl groups excluding tert-OH is 1. The van der Waals surface area contributed by atoms with Crippen molar-refractivity contribution < 1.29 is 14.7 Å². The van der Waals surface area contributed by atoms with Crippen molar-refractivity contribution in [2.45, 2.75) is 157 Å². The summed E-state index contributed by atoms with van der Waals surface area (Å²) in [6, 6.07) is 0.0643. The van der Waals surface area contributed by atoms with Gasteiger partial charge in [-0.25, -0.2) is 0 Å². The maximum atomic E-state index is 14.9. The van der Waals surface area contributed by atoms with Crippen molar-refractivity contribution in [1.29, 1.82) is 0 Å². The molecule has 2 N–H and O–H groups in total. The zero-order valence-corrected chi connectivity index (χ0v) is 31.4. The van der Waals surface area contributed by atoms with E-state index in [-0.39, 0.29) is 50.6 Å². The number of likely N-dealkylation sites (tertiary alicyclic amines) is 1. The molecular formula is C42H68N2O3. The molecule has 2 amide bonds. The summed E-state index contributed by atoms with van der Waals surface area (Å²) in [6.45, 7) is 25.6. The number of aliphatic hydroxyl groups is 1. The Morgan fingerprint density at radius 3 is 2.13 bits per heavy atom. The predicted molar refractivity (Wildman–Crippen MR) is 189 cm³/mol. The molecule has 6 saturated carbocycles. The summed E-state index contributed by atoms with van der Waals surface area (Å²) in [7, 11) is 0. The fourth-order valence-corrected chi connectivity index (χ4v) is 14.7. The van der Waals surface area contributed by atoms with Gasteiger partial charge >= 0.3 is 0 Å². The van der Waals surface area contributed by atoms with E-state index in [4.69, 9.17) is 0 Å². The number of allylic oxidation sites excluding steroid dienone is 1. The number of rotatable bonds is 4. The average Bonchev–Trinajstić information content (AvgIpc) is 3.43. The number of nitrogens with one attached hydrogen (secondary N) is 1. The molecule has 0 unspecified atom stereocenters. The maximum Gasteiger partial charge on any atom is 0.226 e. The summed E-state index contributed by atoms with van der Waals surface area (Å²) < 4.78 is 0. The predicted octanol–water partition coefficient (Wildman–Crippen LogP) is 8.55. The molecular weight excluding hydrogens is 580 g/mol. The lowest BCUT2D eigenvalue weighted by Crippen LogP contribution is -2.68. The molecule has 0 aromatic carbocycles. The molecule has 264 valence electrons. The van der Waals surface area contributed by atoms with Gasteiger partial charge in [0.1, 0.15) is 0 Å². The van der Waals surface area contributed by atoms with E-state index in [1.165, 1.54) is 37.7 Å². The summed E-state index contributed by atoms with van der Waals surface area (Å²) in [4.78, 5) is 30.5. The Balaban J connectivity index is 1.15. The minimum atomic E-state index is -0.326. The van der Waals surface area contributed by atoms with Crippen molar-refractivity contribution in [1.82, 2.24) is 10.2 Å². The van der Waals surface area contributed by atoms with Crippen molar-refractivity contribution in [3.8, 4) is 0 Å². The van der Waals surface area contributed by atoms with E-state index < -0.39 is 0 Å². The molecule has 7 aliphatic rings. The zero-order chi connectivity index (χ0) is 33.9. The molecule has 0 radical (unpaired) electrons. The third-order valence-electron chi connectivity index (χ3n) is 18.0. The largest absolute Gasteiger partial charge is 0.393 e. The SMILES string of the molecule is C=C(C)[C@@H]1CC[C@]2(C(=O)N[C@@H]3C[C@H](C(=O)N4CCCCC4)C3(C)C)CC[C@]3(C)[C@H](CC[C@@H]4[C@@]5(C)CC[C@H](O)C(C)(C)[C@@H]5CC[C@]43C)[C@@H]12. The van der Waals surface area contributed by atoms with Gasteiger partial charge in [0.2, 0.25) is 11.8 Å². The highest BCUT2D eigenvalue weighted by atomic mass is 16.3. The molecule has 0 aromatic heterocycles. The van der Waals surface area contributed by atoms with E-state index in [0.717, 1.165) is 70.9 Å². The first-order chi connectivity index (χ1) is 21.9. The molecule has 1 heterocycles. The first-order valence-corrected chi connectivity index (χ1v) is 19.9. The van der Waals surface area contributed by atoms with Crippen LogP contribution in [-0.2, 0) is 9.59 Å². The van der Waals surface area contributed by atoms with Crippen molar-refractivity contribution in [2.75, 3.05) is 13.1 Å². The number of carbonyl (C=O) groups is 2. The highest BCUT2D eigenvalue weighted by Gasteiger charge is 2.72. The van der Waals surface area contributed by atoms with Crippen LogP contribution in [0.4, 0.5) is 0 Å². The second-order valence-corrected chi connectivity index (χ2v) is 20.2. The fourth-order valence-electron chi connectivity index (χ4n) is 14.7. The van der Waals surface area contributed by atoms with Crippen LogP contribution in [0.15, 0.2) is 12.2 Å². The third kappa shape index (κ3) is 4.54. The number of hydrogen-bond acceptors (Lipinski definition) is 3. The monoisotopic (exact) mass is 649 g/mol. The van der Waals surface area contributed by atoms with E-state index in [0.29, 0.717) is 41.4 Å². The van der Waals surface area contributed by atoms with Crippen LogP contribution in [-0.4, -0.2) is 47.1 Å². The Hall–Kier alpha value is -1.36. The van der Waals surface area contributed by atoms with Gasteiger partial charge in [0.05, 0.1) is 11.5 Å². The summed E-state index contributed by atoms with van der Waals surface area (Å²) in [6.07, 6.45) is 15.2. The van der Waals surface area contributed by atoms with Crippen molar-refractivity contribution in [2.24, 2.45) is 68.0 Å². The van der Waals surface area contributed by atoms with E-state index in [2.05, 4.69) is 72.2 Å². The Kier molecular flexibility index (Phi) is 8.03. The second kappa shape index (κ2) is 11.1. The fraction of sp³-hybridized carbons (Fsp3) is 0.905. The highest BCUT2D eigenvalue weighted by molar-refractivity contribution is 5.86. The van der Waals surface area contributed by atoms with Gasteiger partial charge in [0, 0.05) is 25.0 Å². The van der Waals surface area contributed by atoms with Crippen LogP contribution in [0, 0.1) is 68.0 Å². The van der Waals surface area contributed by atoms with E-state index in [9.17, 15) is 14.7 Å². The Morgan fingerprint density at radius 1 is 0.766 bits per heavy atom. The number of amides is 2. The van der Waals surface area contributed by atoms with Crippen LogP contribution in [0.3, 0.4) is 0 Å². The topological polar surface area (TPSA) is 69.6 Å². The molecule has 6 aliphatic carbocycles. The number of carbonyl (C=O) groups excluding carboxylic acids is 2. The number of fused-ring (bicyclic) bond motifs is 7. The second-order valence-electron chi connectivity index (χ2n) is 20.2. The Bertz CT molecular complexity index is 1300. The first kappa shape index (κ1) is 34.1. The lowest BCUT2D eigenvalue weighted by molar-refractivity contribution is -0.246. The summed E-state index contributed by atoms with van der Waals surface area (Å²) in [5, 5.41) is 14.8. The minimum absolute atomic E-state index is 0.0122. The van der Waals surface area contributed by atoms with Gasteiger partial charge in [-0.05, 0) is 153 Å². The normalized spacial score (nSPS) is 49.8. The van der Waals surface area contributed by atoms with Gasteiger partial charge < -0.3 is 15.3 Å². The zero-order valence-electron chi connectivity index (χ0n) is 31.4. The highest BCUT2D eigenvalue weighted by Crippen LogP contribution is 2.77. The summed E-state index contributed by atoms with van der Waals surface area (Å²) in [5.41, 5.74) is 1.39. The molecule has 0 aromatic rings. The van der Waals surface area contributed by atoms with Gasteiger partial charge in [0.15, 0.2) is 0 Å². The van der Waals surface area contributed by atoms with E-state index >= 15 is 0 Å². The van der Waals surface area contributed by atoms with Gasteiger partial charge in [-0.2, -0.15) is 0 Å². The molecule has 12 atom stereocenters. The lowest BCUT2D eigenvalue weighted by Gasteiger charge is -2.72. The number of nitrogens with zero attached hydrogens (tertiary/aromatic N) is 1. The molecule has 1 saturated heterocycles. The van der Waals surface area contributed by atoms with Gasteiger partial charge in [0.25, 0.3) is 0 Å². The van der Waals surface area contributed by atoms with Gasteiger partial charge in [-0.15, -0.1) is 0 Å². The van der Waals surface area contributed by atoms with E-state index in [1.54, 1.807) is 0 Å². The molecule has 1 aliphatic heterocycles. The average molecular weight is 649 g/mol. The van der Waals surface area contributed by atoms with Crippen LogP contribution in [0.1, 0.15) is 145 Å². The first-order valence-electron chi connectivity index (χ1n) is 19.9. The summed E-state index contributed by atoms with van der Waals surface area (Å²) in [5.74, 6) is 3.13. The van der Waals surface area contributed by atoms with Crippen LogP contribution < -0.4 is 5.32 Å². The number of piperidine rings is 1. The Morgan fingerprint density at radius 2 is 1.47 bits per heavy atom. The molecule has 0 bridgehead atoms. The Labute approximate surface area is 286 Å². The van der Waals surface area contributed by atoms with Crippen LogP contribution >= 0.6 is 0 Å². The number of hydrogen-bond donors (Lipinski definition) is 2. The maximum absolute atomic E-state index is 14.9. The molecule has 7 rings (SSSR count). The lowest BCUT2D eigenvalue weighted by atomic mass is 9.32. The van der Waals surface area contributed by atoms with Crippen molar-refractivity contribution in [3.05, 3.63) is 12.2 Å². The van der Waals surface area contributed by atoms with Crippen molar-refractivity contribution >= 4 is 11.8 Å². The molecule has 47 heavy (non-hydrogen) atoms. The van der Waals surface area contributed by atoms with Gasteiger partial charge in [-0.1, -0.05) is 60.6 Å². The van der Waals surface area contributed by atoms with Crippen LogP contribution in [0.2, 0.25) is 0 Å². The smallest absolute Gasteiger partial charge is 0.226 e. The molecule has 7 fully saturated rings. The van der Waals surface area contributed by atoms with Crippen LogP contribution in [0.5, 0.6) is 0 Å². The molecule has 5 nitrogen and oxygen atoms in total. The third-order valence-corrected chi connectivity index (χ3v) is 18.0.